The summed E-state index contributed by atoms with van der Waals surface area (Å²) < 4.78 is 1.88. The second-order valence-electron chi connectivity index (χ2n) is 7.21. The molecule has 0 saturated heterocycles. The Balaban J connectivity index is 1.45. The summed E-state index contributed by atoms with van der Waals surface area (Å²) >= 11 is 0. The minimum Gasteiger partial charge on any atom is -0.323 e. The number of nitrogens with zero attached hydrogens (tertiary/aromatic N) is 2. The Kier molecular flexibility index (Phi) is 4.77. The molecule has 2 heterocycles. The van der Waals surface area contributed by atoms with E-state index in [2.05, 4.69) is 34.7 Å². The second-order valence-corrected chi connectivity index (χ2v) is 7.21. The molecule has 5 heteroatoms. The number of rotatable bonds is 4. The van der Waals surface area contributed by atoms with E-state index in [4.69, 9.17) is 0 Å². The van der Waals surface area contributed by atoms with Crippen molar-refractivity contribution < 1.29 is 9.69 Å². The zero-order valence-electron chi connectivity index (χ0n) is 15.8. The first kappa shape index (κ1) is 17.5. The maximum absolute atomic E-state index is 12.7. The summed E-state index contributed by atoms with van der Waals surface area (Å²) in [5.41, 5.74) is 6.38. The van der Waals surface area contributed by atoms with Gasteiger partial charge in [0.05, 0.1) is 29.3 Å². The SMILES string of the molecule is Cc1nn(-c2ccccc2)c(C)c1NC(=O)C[NH+]1CCc2ccccc2C1. The molecule has 1 aromatic heterocycles. The number of benzene rings is 2. The maximum atomic E-state index is 12.7. The second kappa shape index (κ2) is 7.37. The topological polar surface area (TPSA) is 51.4 Å². The van der Waals surface area contributed by atoms with Crippen molar-refractivity contribution in [2.24, 2.45) is 0 Å². The van der Waals surface area contributed by atoms with Gasteiger partial charge in [-0.15, -0.1) is 0 Å². The zero-order valence-corrected chi connectivity index (χ0v) is 15.8. The number of fused-ring (bicyclic) bond motifs is 1. The lowest BCUT2D eigenvalue weighted by atomic mass is 10.00. The molecule has 4 rings (SSSR count). The molecule has 1 aliphatic rings. The number of aromatic nitrogens is 2. The van der Waals surface area contributed by atoms with Crippen LogP contribution in [-0.4, -0.2) is 28.8 Å². The van der Waals surface area contributed by atoms with E-state index in [-0.39, 0.29) is 5.91 Å². The number of anilines is 1. The van der Waals surface area contributed by atoms with Crippen molar-refractivity contribution in [2.45, 2.75) is 26.8 Å². The van der Waals surface area contributed by atoms with E-state index in [1.807, 2.05) is 48.9 Å². The molecule has 0 aliphatic carbocycles. The van der Waals surface area contributed by atoms with Gasteiger partial charge in [0, 0.05) is 12.0 Å². The summed E-state index contributed by atoms with van der Waals surface area (Å²) in [6, 6.07) is 18.5. The molecule has 1 unspecified atom stereocenters. The number of hydrogen-bond acceptors (Lipinski definition) is 2. The van der Waals surface area contributed by atoms with Crippen LogP contribution in [0.1, 0.15) is 22.5 Å². The molecule has 2 aromatic carbocycles. The van der Waals surface area contributed by atoms with Gasteiger partial charge in [-0.1, -0.05) is 42.5 Å². The standard InChI is InChI=1S/C22H24N4O/c1-16-22(17(2)26(24-16)20-10-4-3-5-11-20)23-21(27)15-25-13-12-18-8-6-7-9-19(18)14-25/h3-11H,12-15H2,1-2H3,(H,23,27)/p+1. The van der Waals surface area contributed by atoms with Crippen molar-refractivity contribution >= 4 is 11.6 Å². The Bertz CT molecular complexity index is 962. The lowest BCUT2D eigenvalue weighted by Gasteiger charge is -2.25. The van der Waals surface area contributed by atoms with Crippen molar-refractivity contribution in [2.75, 3.05) is 18.4 Å². The molecular formula is C22H25N4O+. The first-order valence-corrected chi connectivity index (χ1v) is 9.43. The van der Waals surface area contributed by atoms with Crippen molar-refractivity contribution in [1.29, 1.82) is 0 Å². The van der Waals surface area contributed by atoms with Gasteiger partial charge in [0.25, 0.3) is 5.91 Å². The summed E-state index contributed by atoms with van der Waals surface area (Å²) in [6.07, 6.45) is 1.03. The fourth-order valence-electron chi connectivity index (χ4n) is 3.85. The highest BCUT2D eigenvalue weighted by molar-refractivity contribution is 5.92. The molecule has 0 radical (unpaired) electrons. The first-order valence-electron chi connectivity index (χ1n) is 9.43. The molecule has 138 valence electrons. The van der Waals surface area contributed by atoms with E-state index in [0.29, 0.717) is 6.54 Å². The predicted octanol–water partition coefficient (Wildman–Crippen LogP) is 2.07. The van der Waals surface area contributed by atoms with Crippen LogP contribution >= 0.6 is 0 Å². The molecular weight excluding hydrogens is 336 g/mol. The van der Waals surface area contributed by atoms with Crippen LogP contribution in [0, 0.1) is 13.8 Å². The lowest BCUT2D eigenvalue weighted by Crippen LogP contribution is -3.12. The van der Waals surface area contributed by atoms with E-state index in [0.717, 1.165) is 42.3 Å². The van der Waals surface area contributed by atoms with E-state index in [9.17, 15) is 4.79 Å². The zero-order chi connectivity index (χ0) is 18.8. The van der Waals surface area contributed by atoms with Crippen LogP contribution in [0.25, 0.3) is 5.69 Å². The van der Waals surface area contributed by atoms with Crippen LogP contribution in [0.2, 0.25) is 0 Å². The highest BCUT2D eigenvalue weighted by Gasteiger charge is 2.23. The van der Waals surface area contributed by atoms with Crippen LogP contribution in [-0.2, 0) is 17.8 Å². The van der Waals surface area contributed by atoms with E-state index in [1.165, 1.54) is 16.0 Å². The minimum absolute atomic E-state index is 0.0446. The normalized spacial score (nSPS) is 16.0. The number of aryl methyl sites for hydroxylation is 1. The average Bonchev–Trinajstić information content (AvgIpc) is 2.97. The van der Waals surface area contributed by atoms with Gasteiger partial charge in [-0.2, -0.15) is 5.10 Å². The number of amides is 1. The Labute approximate surface area is 159 Å². The van der Waals surface area contributed by atoms with Gasteiger partial charge in [0.1, 0.15) is 6.54 Å². The van der Waals surface area contributed by atoms with E-state index < -0.39 is 0 Å². The van der Waals surface area contributed by atoms with Crippen LogP contribution in [0.4, 0.5) is 5.69 Å². The van der Waals surface area contributed by atoms with Crippen LogP contribution in [0.5, 0.6) is 0 Å². The van der Waals surface area contributed by atoms with Gasteiger partial charge in [-0.3, -0.25) is 4.79 Å². The summed E-state index contributed by atoms with van der Waals surface area (Å²) in [7, 11) is 0. The summed E-state index contributed by atoms with van der Waals surface area (Å²) in [5.74, 6) is 0.0446. The Morgan fingerprint density at radius 2 is 1.78 bits per heavy atom. The fraction of sp³-hybridized carbons (Fsp3) is 0.273. The highest BCUT2D eigenvalue weighted by Crippen LogP contribution is 2.22. The summed E-state index contributed by atoms with van der Waals surface area (Å²) in [6.45, 7) is 6.30. The van der Waals surface area contributed by atoms with Crippen molar-refractivity contribution in [3.63, 3.8) is 0 Å². The molecule has 1 amide bonds. The molecule has 1 atom stereocenters. The molecule has 0 spiro atoms. The van der Waals surface area contributed by atoms with E-state index in [1.54, 1.807) is 0 Å². The molecule has 0 saturated carbocycles. The third kappa shape index (κ3) is 3.64. The number of hydrogen-bond donors (Lipinski definition) is 2. The molecule has 1 aliphatic heterocycles. The third-order valence-corrected chi connectivity index (χ3v) is 5.27. The third-order valence-electron chi connectivity index (χ3n) is 5.27. The number of carbonyl (C=O) groups excluding carboxylic acids is 1. The van der Waals surface area contributed by atoms with Gasteiger partial charge in [-0.05, 0) is 31.5 Å². The van der Waals surface area contributed by atoms with Crippen LogP contribution in [0.3, 0.4) is 0 Å². The summed E-state index contributed by atoms with van der Waals surface area (Å²) in [5, 5.41) is 7.70. The molecule has 27 heavy (non-hydrogen) atoms. The Morgan fingerprint density at radius 3 is 2.56 bits per heavy atom. The predicted molar refractivity (Wildman–Crippen MR) is 106 cm³/mol. The van der Waals surface area contributed by atoms with Gasteiger partial charge in [0.15, 0.2) is 6.54 Å². The Hall–Kier alpha value is -2.92. The largest absolute Gasteiger partial charge is 0.323 e. The number of quaternary nitrogens is 1. The average molecular weight is 361 g/mol. The Morgan fingerprint density at radius 1 is 1.07 bits per heavy atom. The van der Waals surface area contributed by atoms with Crippen molar-refractivity contribution in [1.82, 2.24) is 9.78 Å². The van der Waals surface area contributed by atoms with Crippen molar-refractivity contribution in [3.8, 4) is 5.69 Å². The monoisotopic (exact) mass is 361 g/mol. The van der Waals surface area contributed by atoms with Gasteiger partial charge >= 0.3 is 0 Å². The highest BCUT2D eigenvalue weighted by atomic mass is 16.2. The smallest absolute Gasteiger partial charge is 0.279 e. The molecule has 2 N–H and O–H groups in total. The maximum Gasteiger partial charge on any atom is 0.279 e. The molecule has 0 fully saturated rings. The summed E-state index contributed by atoms with van der Waals surface area (Å²) in [4.78, 5) is 14.0. The van der Waals surface area contributed by atoms with Crippen molar-refractivity contribution in [3.05, 3.63) is 77.1 Å². The molecule has 0 bridgehead atoms. The first-order chi connectivity index (χ1) is 13.1. The fourth-order valence-corrected chi connectivity index (χ4v) is 3.85. The molecule has 5 nitrogen and oxygen atoms in total. The number of carbonyl (C=O) groups is 1. The van der Waals surface area contributed by atoms with Gasteiger partial charge in [-0.25, -0.2) is 4.68 Å². The number of nitrogens with one attached hydrogen (secondary N) is 2. The number of para-hydroxylation sites is 1. The minimum atomic E-state index is 0.0446. The van der Waals surface area contributed by atoms with Crippen LogP contribution < -0.4 is 10.2 Å². The quantitative estimate of drug-likeness (QED) is 0.747. The molecule has 3 aromatic rings. The van der Waals surface area contributed by atoms with Gasteiger partial charge < -0.3 is 10.2 Å². The lowest BCUT2D eigenvalue weighted by molar-refractivity contribution is -0.907. The van der Waals surface area contributed by atoms with Crippen LogP contribution in [0.15, 0.2) is 54.6 Å². The van der Waals surface area contributed by atoms with Gasteiger partial charge in [0.2, 0.25) is 0 Å². The van der Waals surface area contributed by atoms with E-state index >= 15 is 0 Å².